The van der Waals surface area contributed by atoms with Gasteiger partial charge in [0, 0.05) is 60.0 Å². The summed E-state index contributed by atoms with van der Waals surface area (Å²) >= 11 is 0. The highest BCUT2D eigenvalue weighted by atomic mass is 16.5. The first-order valence-electron chi connectivity index (χ1n) is 11.1. The summed E-state index contributed by atoms with van der Waals surface area (Å²) < 4.78 is 11.0. The fourth-order valence-corrected chi connectivity index (χ4v) is 3.96. The van der Waals surface area contributed by atoms with Crippen LogP contribution in [0, 0.1) is 5.41 Å². The molecular weight excluding hydrogens is 370 g/mol. The fraction of sp³-hybridized carbons (Fsp3) is 0.905. The van der Waals surface area contributed by atoms with Gasteiger partial charge >= 0.3 is 0 Å². The number of hydrogen-bond donors (Lipinski definition) is 2. The van der Waals surface area contributed by atoms with Crippen molar-refractivity contribution in [3.05, 3.63) is 0 Å². The van der Waals surface area contributed by atoms with Gasteiger partial charge in [0.15, 0.2) is 5.96 Å². The molecule has 0 bridgehead atoms. The molecule has 1 amide bonds. The zero-order valence-electron chi connectivity index (χ0n) is 18.7. The molecule has 0 unspecified atom stereocenters. The first-order chi connectivity index (χ1) is 14.0. The van der Waals surface area contributed by atoms with Crippen LogP contribution < -0.4 is 10.6 Å². The van der Waals surface area contributed by atoms with Crippen LogP contribution in [0.2, 0.25) is 0 Å². The van der Waals surface area contributed by atoms with Crippen molar-refractivity contribution in [2.24, 2.45) is 10.4 Å². The number of nitrogens with one attached hydrogen (secondary N) is 2. The van der Waals surface area contributed by atoms with Crippen molar-refractivity contribution in [1.82, 2.24) is 20.4 Å². The predicted octanol–water partition coefficient (Wildman–Crippen LogP) is 0.929. The third kappa shape index (κ3) is 8.88. The lowest BCUT2D eigenvalue weighted by atomic mass is 9.83. The third-order valence-corrected chi connectivity index (χ3v) is 5.97. The molecule has 1 aliphatic heterocycles. The van der Waals surface area contributed by atoms with Gasteiger partial charge in [-0.15, -0.1) is 0 Å². The smallest absolute Gasteiger partial charge is 0.243 e. The Kier molecular flexibility index (Phi) is 10.7. The molecule has 2 N–H and O–H groups in total. The summed E-state index contributed by atoms with van der Waals surface area (Å²) in [6, 6.07) is 0. The number of hydrogen-bond acceptors (Lipinski definition) is 5. The van der Waals surface area contributed by atoms with E-state index in [9.17, 15) is 4.79 Å². The lowest BCUT2D eigenvalue weighted by Crippen LogP contribution is -2.47. The second-order valence-corrected chi connectivity index (χ2v) is 8.34. The van der Waals surface area contributed by atoms with Crippen molar-refractivity contribution in [2.45, 2.75) is 39.0 Å². The molecule has 0 aromatic rings. The Labute approximate surface area is 176 Å². The van der Waals surface area contributed by atoms with E-state index in [1.165, 1.54) is 25.7 Å². The molecule has 8 nitrogen and oxygen atoms in total. The normalized spacial score (nSPS) is 19.9. The van der Waals surface area contributed by atoms with Gasteiger partial charge in [0.05, 0.1) is 13.2 Å². The number of rotatable bonds is 11. The number of nitrogens with zero attached hydrogens (tertiary/aromatic N) is 3. The number of aliphatic imine (C=N–C) groups is 1. The lowest BCUT2D eigenvalue weighted by molar-refractivity contribution is -0.127. The third-order valence-electron chi connectivity index (χ3n) is 5.97. The van der Waals surface area contributed by atoms with Gasteiger partial charge in [-0.1, -0.05) is 12.8 Å². The van der Waals surface area contributed by atoms with Gasteiger partial charge in [0.2, 0.25) is 5.91 Å². The molecule has 2 aliphatic rings. The first-order valence-corrected chi connectivity index (χ1v) is 11.1. The fourth-order valence-electron chi connectivity index (χ4n) is 3.96. The van der Waals surface area contributed by atoms with Crippen molar-refractivity contribution < 1.29 is 14.3 Å². The zero-order valence-corrected chi connectivity index (χ0v) is 18.7. The molecule has 1 aliphatic carbocycles. The standard InChI is InChI=1S/C21H41N5O3/c1-4-28-14-9-21(7-5-6-8-21)18-24-20(23-17-19(27)25(2)3)22-10-11-26-12-15-29-16-13-26/h4-18H2,1-3H3,(H2,22,23,24). The van der Waals surface area contributed by atoms with Crippen molar-refractivity contribution in [3.63, 3.8) is 0 Å². The summed E-state index contributed by atoms with van der Waals surface area (Å²) in [5, 5.41) is 6.96. The maximum atomic E-state index is 12.0. The molecule has 0 spiro atoms. The highest BCUT2D eigenvalue weighted by molar-refractivity contribution is 5.84. The Morgan fingerprint density at radius 3 is 2.59 bits per heavy atom. The number of guanidine groups is 1. The highest BCUT2D eigenvalue weighted by Gasteiger charge is 2.33. The molecular formula is C21H41N5O3. The van der Waals surface area contributed by atoms with Crippen LogP contribution in [0.5, 0.6) is 0 Å². The summed E-state index contributed by atoms with van der Waals surface area (Å²) in [6.45, 7) is 9.96. The molecule has 168 valence electrons. The highest BCUT2D eigenvalue weighted by Crippen LogP contribution is 2.40. The Bertz CT molecular complexity index is 501. The second-order valence-electron chi connectivity index (χ2n) is 8.34. The molecule has 1 saturated carbocycles. The van der Waals surface area contributed by atoms with Crippen LogP contribution in [0.4, 0.5) is 0 Å². The lowest BCUT2D eigenvalue weighted by Gasteiger charge is -2.30. The van der Waals surface area contributed by atoms with Crippen molar-refractivity contribution >= 4 is 11.9 Å². The largest absolute Gasteiger partial charge is 0.382 e. The average molecular weight is 412 g/mol. The molecule has 2 fully saturated rings. The molecule has 0 radical (unpaired) electrons. The van der Waals surface area contributed by atoms with Crippen LogP contribution in [0.25, 0.3) is 0 Å². The number of likely N-dealkylation sites (N-methyl/N-ethyl adjacent to an activating group) is 1. The van der Waals surface area contributed by atoms with E-state index in [-0.39, 0.29) is 17.9 Å². The minimum Gasteiger partial charge on any atom is -0.382 e. The van der Waals surface area contributed by atoms with Gasteiger partial charge in [-0.3, -0.25) is 9.69 Å². The quantitative estimate of drug-likeness (QED) is 0.299. The molecule has 1 saturated heterocycles. The molecule has 0 aromatic heterocycles. The maximum Gasteiger partial charge on any atom is 0.243 e. The number of carbonyl (C=O) groups is 1. The summed E-state index contributed by atoms with van der Waals surface area (Å²) in [7, 11) is 3.52. The molecule has 1 heterocycles. The van der Waals surface area contributed by atoms with E-state index in [4.69, 9.17) is 9.47 Å². The van der Waals surface area contributed by atoms with Gasteiger partial charge in [-0.25, -0.2) is 4.99 Å². The Balaban J connectivity index is 1.88. The topological polar surface area (TPSA) is 78.4 Å². The zero-order chi connectivity index (χ0) is 21.0. The average Bonchev–Trinajstić information content (AvgIpc) is 3.19. The minimum atomic E-state index is 0.00575. The minimum absolute atomic E-state index is 0.00575. The van der Waals surface area contributed by atoms with Crippen LogP contribution in [-0.2, 0) is 14.3 Å². The van der Waals surface area contributed by atoms with Crippen molar-refractivity contribution in [3.8, 4) is 0 Å². The number of amides is 1. The van der Waals surface area contributed by atoms with Gasteiger partial charge in [0.25, 0.3) is 0 Å². The van der Waals surface area contributed by atoms with E-state index >= 15 is 0 Å². The van der Waals surface area contributed by atoms with E-state index < -0.39 is 0 Å². The van der Waals surface area contributed by atoms with E-state index in [0.717, 1.165) is 71.5 Å². The van der Waals surface area contributed by atoms with E-state index in [0.29, 0.717) is 0 Å². The van der Waals surface area contributed by atoms with Gasteiger partial charge in [-0.05, 0) is 31.6 Å². The Hall–Kier alpha value is -1.38. The maximum absolute atomic E-state index is 12.0. The van der Waals surface area contributed by atoms with Crippen LogP contribution in [0.1, 0.15) is 39.0 Å². The van der Waals surface area contributed by atoms with E-state index in [1.807, 2.05) is 6.92 Å². The van der Waals surface area contributed by atoms with Gasteiger partial charge in [-0.2, -0.15) is 0 Å². The Morgan fingerprint density at radius 1 is 1.21 bits per heavy atom. The van der Waals surface area contributed by atoms with E-state index in [1.54, 1.807) is 19.0 Å². The van der Waals surface area contributed by atoms with E-state index in [2.05, 4.69) is 20.5 Å². The Morgan fingerprint density at radius 2 is 1.93 bits per heavy atom. The van der Waals surface area contributed by atoms with Gasteiger partial charge < -0.3 is 25.0 Å². The van der Waals surface area contributed by atoms with Crippen LogP contribution >= 0.6 is 0 Å². The summed E-state index contributed by atoms with van der Waals surface area (Å²) in [5.74, 6) is 0.738. The van der Waals surface area contributed by atoms with Crippen LogP contribution in [-0.4, -0.2) is 101 Å². The number of morpholine rings is 1. The van der Waals surface area contributed by atoms with Crippen molar-refractivity contribution in [2.75, 3.05) is 79.8 Å². The molecule has 29 heavy (non-hydrogen) atoms. The molecule has 0 aromatic carbocycles. The predicted molar refractivity (Wildman–Crippen MR) is 116 cm³/mol. The molecule has 2 rings (SSSR count). The number of carbonyl (C=O) groups excluding carboxylic acids is 1. The number of ether oxygens (including phenoxy) is 2. The van der Waals surface area contributed by atoms with Crippen LogP contribution in [0.15, 0.2) is 4.99 Å². The second kappa shape index (κ2) is 13.0. The summed E-state index contributed by atoms with van der Waals surface area (Å²) in [4.78, 5) is 20.5. The first kappa shape index (κ1) is 23.9. The molecule has 0 atom stereocenters. The molecule has 8 heteroatoms. The van der Waals surface area contributed by atoms with Crippen LogP contribution in [0.3, 0.4) is 0 Å². The SMILES string of the molecule is CCOCCC1(CNC(=NCC(=O)N(C)C)NCCN2CCOCC2)CCCC1. The summed E-state index contributed by atoms with van der Waals surface area (Å²) in [5.41, 5.74) is 0.271. The van der Waals surface area contributed by atoms with Gasteiger partial charge in [0.1, 0.15) is 6.54 Å². The van der Waals surface area contributed by atoms with Crippen molar-refractivity contribution in [1.29, 1.82) is 0 Å². The summed E-state index contributed by atoms with van der Waals surface area (Å²) in [6.07, 6.45) is 6.09. The monoisotopic (exact) mass is 411 g/mol.